The molecule has 0 aliphatic heterocycles. The van der Waals surface area contributed by atoms with Gasteiger partial charge in [0.15, 0.2) is 5.76 Å². The topological polar surface area (TPSA) is 69.7 Å². The Kier molecular flexibility index (Phi) is 5.95. The molecule has 5 rings (SSSR count). The SMILES string of the molecule is Cc1cc(=O)oc2c1ccc1oc(C(=O)c3cccc(OCCCCl)c3)c(-c3ccccc3)c12. The first-order valence-corrected chi connectivity index (χ1v) is 11.5. The van der Waals surface area contributed by atoms with Gasteiger partial charge in [-0.1, -0.05) is 42.5 Å². The number of furan rings is 1. The number of benzene rings is 3. The molecular formula is C28H21ClO5. The number of fused-ring (bicyclic) bond motifs is 3. The molecule has 0 radical (unpaired) electrons. The molecule has 0 N–H and O–H groups in total. The van der Waals surface area contributed by atoms with Gasteiger partial charge in [0.1, 0.15) is 16.9 Å². The van der Waals surface area contributed by atoms with Crippen LogP contribution >= 0.6 is 11.6 Å². The fourth-order valence-electron chi connectivity index (χ4n) is 4.10. The third-order valence-corrected chi connectivity index (χ3v) is 5.95. The first-order chi connectivity index (χ1) is 16.6. The molecule has 0 amide bonds. The summed E-state index contributed by atoms with van der Waals surface area (Å²) >= 11 is 5.73. The molecular weight excluding hydrogens is 452 g/mol. The van der Waals surface area contributed by atoms with Gasteiger partial charge >= 0.3 is 5.63 Å². The highest BCUT2D eigenvalue weighted by Gasteiger charge is 2.26. The van der Waals surface area contributed by atoms with Crippen molar-refractivity contribution in [2.75, 3.05) is 12.5 Å². The van der Waals surface area contributed by atoms with Gasteiger partial charge in [-0.05, 0) is 48.7 Å². The molecule has 5 aromatic rings. The monoisotopic (exact) mass is 472 g/mol. The Morgan fingerprint density at radius 1 is 0.971 bits per heavy atom. The zero-order valence-electron chi connectivity index (χ0n) is 18.5. The lowest BCUT2D eigenvalue weighted by Gasteiger charge is -2.08. The van der Waals surface area contributed by atoms with Crippen LogP contribution in [0.4, 0.5) is 0 Å². The molecule has 34 heavy (non-hydrogen) atoms. The van der Waals surface area contributed by atoms with Crippen LogP contribution in [-0.4, -0.2) is 18.3 Å². The van der Waals surface area contributed by atoms with Crippen molar-refractivity contribution in [1.29, 1.82) is 0 Å². The Morgan fingerprint density at radius 2 is 1.79 bits per heavy atom. The van der Waals surface area contributed by atoms with E-state index < -0.39 is 5.63 Å². The number of aryl methyl sites for hydroxylation is 1. The quantitative estimate of drug-likeness (QED) is 0.113. The average Bonchev–Trinajstić information content (AvgIpc) is 3.24. The lowest BCUT2D eigenvalue weighted by Crippen LogP contribution is -2.03. The van der Waals surface area contributed by atoms with Crippen molar-refractivity contribution in [2.24, 2.45) is 0 Å². The number of carbonyl (C=O) groups excluding carboxylic acids is 1. The number of rotatable bonds is 7. The predicted octanol–water partition coefficient (Wildman–Crippen LogP) is 6.75. The molecule has 6 heteroatoms. The van der Waals surface area contributed by atoms with Crippen LogP contribution in [0.3, 0.4) is 0 Å². The Balaban J connectivity index is 1.73. The minimum absolute atomic E-state index is 0.177. The second-order valence-corrected chi connectivity index (χ2v) is 8.36. The normalized spacial score (nSPS) is 11.2. The number of carbonyl (C=O) groups is 1. The first-order valence-electron chi connectivity index (χ1n) is 11.0. The van der Waals surface area contributed by atoms with Crippen molar-refractivity contribution in [1.82, 2.24) is 0 Å². The highest BCUT2D eigenvalue weighted by molar-refractivity contribution is 6.20. The Hall–Kier alpha value is -3.83. The van der Waals surface area contributed by atoms with E-state index in [1.165, 1.54) is 6.07 Å². The van der Waals surface area contributed by atoms with Crippen LogP contribution in [0.25, 0.3) is 33.1 Å². The summed E-state index contributed by atoms with van der Waals surface area (Å²) in [4.78, 5) is 25.9. The first kappa shape index (κ1) is 22.0. The van der Waals surface area contributed by atoms with Crippen LogP contribution in [0.1, 0.15) is 28.1 Å². The third-order valence-electron chi connectivity index (χ3n) is 5.68. The number of alkyl halides is 1. The molecule has 0 aliphatic carbocycles. The summed E-state index contributed by atoms with van der Waals surface area (Å²) in [6.07, 6.45) is 0.707. The van der Waals surface area contributed by atoms with E-state index in [9.17, 15) is 9.59 Å². The van der Waals surface area contributed by atoms with Gasteiger partial charge in [0.25, 0.3) is 0 Å². The largest absolute Gasteiger partial charge is 0.494 e. The number of hydrogen-bond donors (Lipinski definition) is 0. The van der Waals surface area contributed by atoms with Crippen molar-refractivity contribution in [3.8, 4) is 16.9 Å². The molecule has 0 saturated heterocycles. The molecule has 170 valence electrons. The van der Waals surface area contributed by atoms with Crippen molar-refractivity contribution in [3.05, 3.63) is 100 Å². The molecule has 0 saturated carbocycles. The van der Waals surface area contributed by atoms with Crippen molar-refractivity contribution in [2.45, 2.75) is 13.3 Å². The van der Waals surface area contributed by atoms with E-state index in [4.69, 9.17) is 25.2 Å². The minimum atomic E-state index is -0.451. The molecule has 5 nitrogen and oxygen atoms in total. The molecule has 0 bridgehead atoms. The average molecular weight is 473 g/mol. The van der Waals surface area contributed by atoms with Gasteiger partial charge in [-0.25, -0.2) is 4.79 Å². The van der Waals surface area contributed by atoms with E-state index in [1.807, 2.05) is 43.3 Å². The van der Waals surface area contributed by atoms with Gasteiger partial charge in [-0.2, -0.15) is 0 Å². The predicted molar refractivity (Wildman–Crippen MR) is 133 cm³/mol. The summed E-state index contributed by atoms with van der Waals surface area (Å²) in [5, 5.41) is 1.39. The van der Waals surface area contributed by atoms with Crippen LogP contribution < -0.4 is 10.4 Å². The molecule has 0 atom stereocenters. The number of ketones is 1. The minimum Gasteiger partial charge on any atom is -0.494 e. The van der Waals surface area contributed by atoms with Crippen LogP contribution in [-0.2, 0) is 0 Å². The maximum Gasteiger partial charge on any atom is 0.336 e. The zero-order chi connectivity index (χ0) is 23.7. The van der Waals surface area contributed by atoms with Crippen LogP contribution in [0.15, 0.2) is 86.4 Å². The summed E-state index contributed by atoms with van der Waals surface area (Å²) in [7, 11) is 0. The highest BCUT2D eigenvalue weighted by atomic mass is 35.5. The van der Waals surface area contributed by atoms with Crippen LogP contribution in [0.5, 0.6) is 5.75 Å². The van der Waals surface area contributed by atoms with E-state index in [0.717, 1.165) is 16.5 Å². The Morgan fingerprint density at radius 3 is 2.59 bits per heavy atom. The second-order valence-electron chi connectivity index (χ2n) is 7.98. The maximum absolute atomic E-state index is 13.7. The lowest BCUT2D eigenvalue weighted by molar-refractivity contribution is 0.101. The van der Waals surface area contributed by atoms with Gasteiger partial charge in [0.05, 0.1) is 12.0 Å². The van der Waals surface area contributed by atoms with Gasteiger partial charge in [-0.15, -0.1) is 11.6 Å². The number of ether oxygens (including phenoxy) is 1. The standard InChI is InChI=1S/C28H21ClO5/c1-17-15-23(30)34-27-21(17)11-12-22-25(27)24(18-7-3-2-4-8-18)28(33-22)26(31)19-9-5-10-20(16-19)32-14-6-13-29/h2-5,7-12,15-16H,6,13-14H2,1H3. The maximum atomic E-state index is 13.7. The van der Waals surface area contributed by atoms with E-state index >= 15 is 0 Å². The van der Waals surface area contributed by atoms with Gasteiger partial charge < -0.3 is 13.6 Å². The van der Waals surface area contributed by atoms with Crippen LogP contribution in [0, 0.1) is 6.92 Å². The summed E-state index contributed by atoms with van der Waals surface area (Å²) in [5.41, 5.74) is 3.03. The Bertz CT molecular complexity index is 1560. The van der Waals surface area contributed by atoms with Crippen molar-refractivity contribution in [3.63, 3.8) is 0 Å². The number of halogens is 1. The van der Waals surface area contributed by atoms with Gasteiger partial charge in [0.2, 0.25) is 5.78 Å². The molecule has 2 heterocycles. The molecule has 0 spiro atoms. The van der Waals surface area contributed by atoms with E-state index in [-0.39, 0.29) is 11.5 Å². The smallest absolute Gasteiger partial charge is 0.336 e. The Labute approximate surface area is 200 Å². The van der Waals surface area contributed by atoms with Gasteiger partial charge in [0, 0.05) is 28.5 Å². The number of hydrogen-bond acceptors (Lipinski definition) is 5. The van der Waals surface area contributed by atoms with E-state index in [1.54, 1.807) is 30.3 Å². The molecule has 0 fully saturated rings. The molecule has 0 aliphatic rings. The van der Waals surface area contributed by atoms with Crippen LogP contribution in [0.2, 0.25) is 0 Å². The summed E-state index contributed by atoms with van der Waals surface area (Å²) in [6, 6.07) is 21.6. The second kappa shape index (κ2) is 9.20. The third kappa shape index (κ3) is 3.99. The van der Waals surface area contributed by atoms with E-state index in [2.05, 4.69) is 0 Å². The summed E-state index contributed by atoms with van der Waals surface area (Å²) in [5.74, 6) is 0.971. The van der Waals surface area contributed by atoms with Crippen molar-refractivity contribution >= 4 is 39.3 Å². The fourth-order valence-corrected chi connectivity index (χ4v) is 4.21. The summed E-state index contributed by atoms with van der Waals surface area (Å²) in [6.45, 7) is 2.32. The molecule has 0 unspecified atom stereocenters. The van der Waals surface area contributed by atoms with Gasteiger partial charge in [-0.3, -0.25) is 4.79 Å². The summed E-state index contributed by atoms with van der Waals surface area (Å²) < 4.78 is 17.5. The zero-order valence-corrected chi connectivity index (χ0v) is 19.2. The van der Waals surface area contributed by atoms with E-state index in [0.29, 0.717) is 52.3 Å². The highest BCUT2D eigenvalue weighted by Crippen LogP contribution is 2.40. The fraction of sp³-hybridized carbons (Fsp3) is 0.143. The lowest BCUT2D eigenvalue weighted by atomic mass is 9.96. The van der Waals surface area contributed by atoms with Crippen molar-refractivity contribution < 1.29 is 18.4 Å². The molecule has 2 aromatic heterocycles. The molecule has 3 aromatic carbocycles.